The molecule has 0 bridgehead atoms. The van der Waals surface area contributed by atoms with E-state index in [9.17, 15) is 14.9 Å². The molecule has 0 saturated heterocycles. The van der Waals surface area contributed by atoms with Crippen molar-refractivity contribution in [2.24, 2.45) is 0 Å². The molecular weight excluding hydrogens is 360 g/mol. The van der Waals surface area contributed by atoms with Crippen LogP contribution in [-0.4, -0.2) is 28.0 Å². The highest BCUT2D eigenvalue weighted by Crippen LogP contribution is 2.29. The molecule has 0 fully saturated rings. The maximum atomic E-state index is 12.9. The maximum absolute atomic E-state index is 12.9. The Labute approximate surface area is 156 Å². The highest BCUT2D eigenvalue weighted by Gasteiger charge is 2.23. The molecule has 0 aliphatic carbocycles. The molecule has 132 valence electrons. The van der Waals surface area contributed by atoms with Gasteiger partial charge in [0.15, 0.2) is 0 Å². The largest absolute Gasteiger partial charge is 0.332 e. The summed E-state index contributed by atoms with van der Waals surface area (Å²) >= 11 is 7.29. The van der Waals surface area contributed by atoms with Crippen LogP contribution in [0.1, 0.15) is 29.8 Å². The third kappa shape index (κ3) is 4.74. The fourth-order valence-corrected chi connectivity index (χ4v) is 3.21. The molecule has 1 amide bonds. The molecule has 0 spiro atoms. The number of nitro groups is 1. The molecular formula is C18H19ClN2O3S. The quantitative estimate of drug-likeness (QED) is 0.402. The number of nitro benzene ring substituents is 1. The van der Waals surface area contributed by atoms with Gasteiger partial charge in [0.25, 0.3) is 11.6 Å². The number of amides is 1. The molecule has 2 aromatic carbocycles. The van der Waals surface area contributed by atoms with Gasteiger partial charge in [-0.15, -0.1) is 11.8 Å². The van der Waals surface area contributed by atoms with Gasteiger partial charge in [0.05, 0.1) is 9.82 Å². The van der Waals surface area contributed by atoms with Crippen LogP contribution in [0.15, 0.2) is 47.4 Å². The van der Waals surface area contributed by atoms with Crippen LogP contribution >= 0.6 is 23.4 Å². The zero-order chi connectivity index (χ0) is 18.6. The maximum Gasteiger partial charge on any atom is 0.283 e. The summed E-state index contributed by atoms with van der Waals surface area (Å²) in [5.74, 6) is -0.245. The molecule has 2 aromatic rings. The molecule has 0 saturated carbocycles. The average Bonchev–Trinajstić information content (AvgIpc) is 2.58. The van der Waals surface area contributed by atoms with Gasteiger partial charge in [0.1, 0.15) is 0 Å². The van der Waals surface area contributed by atoms with E-state index >= 15 is 0 Å². The minimum atomic E-state index is -0.459. The molecule has 0 heterocycles. The van der Waals surface area contributed by atoms with Crippen LogP contribution in [-0.2, 0) is 6.54 Å². The van der Waals surface area contributed by atoms with Crippen LogP contribution in [0.4, 0.5) is 5.69 Å². The predicted molar refractivity (Wildman–Crippen MR) is 101 cm³/mol. The monoisotopic (exact) mass is 378 g/mol. The van der Waals surface area contributed by atoms with Gasteiger partial charge < -0.3 is 4.90 Å². The molecule has 0 atom stereocenters. The van der Waals surface area contributed by atoms with Gasteiger partial charge >= 0.3 is 0 Å². The van der Waals surface area contributed by atoms with Gasteiger partial charge in [0, 0.05) is 29.2 Å². The fraction of sp³-hybridized carbons (Fsp3) is 0.278. The lowest BCUT2D eigenvalue weighted by molar-refractivity contribution is -0.387. The Morgan fingerprint density at radius 2 is 2.00 bits per heavy atom. The highest BCUT2D eigenvalue weighted by atomic mass is 35.5. The lowest BCUT2D eigenvalue weighted by Gasteiger charge is -2.27. The van der Waals surface area contributed by atoms with E-state index in [0.29, 0.717) is 22.0 Å². The normalized spacial score (nSPS) is 10.8. The molecule has 0 aromatic heterocycles. The number of thioether (sulfide) groups is 1. The molecule has 5 nitrogen and oxygen atoms in total. The number of hydrogen-bond acceptors (Lipinski definition) is 4. The number of carbonyl (C=O) groups excluding carboxylic acids is 1. The van der Waals surface area contributed by atoms with Crippen LogP contribution in [0.3, 0.4) is 0 Å². The lowest BCUT2D eigenvalue weighted by Crippen LogP contribution is -2.36. The first-order chi connectivity index (χ1) is 11.8. The zero-order valence-electron chi connectivity index (χ0n) is 14.2. The third-order valence-corrected chi connectivity index (χ3v) is 4.77. The first-order valence-electron chi connectivity index (χ1n) is 7.71. The van der Waals surface area contributed by atoms with E-state index in [-0.39, 0.29) is 17.6 Å². The van der Waals surface area contributed by atoms with E-state index in [0.717, 1.165) is 5.56 Å². The summed E-state index contributed by atoms with van der Waals surface area (Å²) in [6, 6.07) is 11.8. The van der Waals surface area contributed by atoms with Gasteiger partial charge in [-0.1, -0.05) is 23.7 Å². The van der Waals surface area contributed by atoms with E-state index in [1.165, 1.54) is 17.8 Å². The minimum absolute atomic E-state index is 0.0511. The number of nitrogens with zero attached hydrogens (tertiary/aromatic N) is 2. The fourth-order valence-electron chi connectivity index (χ4n) is 2.45. The van der Waals surface area contributed by atoms with Crippen molar-refractivity contribution in [2.45, 2.75) is 31.3 Å². The second kappa shape index (κ2) is 8.36. The molecule has 25 heavy (non-hydrogen) atoms. The van der Waals surface area contributed by atoms with Crippen molar-refractivity contribution in [3.8, 4) is 0 Å². The zero-order valence-corrected chi connectivity index (χ0v) is 15.8. The van der Waals surface area contributed by atoms with Crippen LogP contribution in [0.25, 0.3) is 0 Å². The number of rotatable bonds is 6. The summed E-state index contributed by atoms with van der Waals surface area (Å²) in [7, 11) is 0. The van der Waals surface area contributed by atoms with E-state index < -0.39 is 4.92 Å². The molecule has 0 N–H and O–H groups in total. The van der Waals surface area contributed by atoms with Crippen molar-refractivity contribution in [3.05, 3.63) is 68.7 Å². The standard InChI is InChI=1S/C18H19ClN2O3S/c1-12(2)20(11-13-5-4-6-15(19)9-13)18(22)14-7-8-17(25-3)16(10-14)21(23)24/h4-10,12H,11H2,1-3H3. The first-order valence-corrected chi connectivity index (χ1v) is 9.31. The summed E-state index contributed by atoms with van der Waals surface area (Å²) < 4.78 is 0. The van der Waals surface area contributed by atoms with Crippen molar-refractivity contribution >= 4 is 35.0 Å². The Hall–Kier alpha value is -2.05. The van der Waals surface area contributed by atoms with Gasteiger partial charge in [-0.3, -0.25) is 14.9 Å². The SMILES string of the molecule is CSc1ccc(C(=O)N(Cc2cccc(Cl)c2)C(C)C)cc1[N+](=O)[O-]. The number of hydrogen-bond donors (Lipinski definition) is 0. The summed E-state index contributed by atoms with van der Waals surface area (Å²) in [5.41, 5.74) is 1.16. The number of halogens is 1. The van der Waals surface area contributed by atoms with E-state index in [4.69, 9.17) is 11.6 Å². The van der Waals surface area contributed by atoms with Gasteiger partial charge in [-0.2, -0.15) is 0 Å². The third-order valence-electron chi connectivity index (χ3n) is 3.75. The Morgan fingerprint density at radius 1 is 1.28 bits per heavy atom. The Kier molecular flexibility index (Phi) is 6.45. The Bertz CT molecular complexity index is 796. The van der Waals surface area contributed by atoms with E-state index in [2.05, 4.69) is 0 Å². The minimum Gasteiger partial charge on any atom is -0.332 e. The summed E-state index contributed by atoms with van der Waals surface area (Å²) in [6.45, 7) is 4.20. The van der Waals surface area contributed by atoms with Crippen molar-refractivity contribution < 1.29 is 9.72 Å². The molecule has 0 unspecified atom stereocenters. The molecule has 0 aliphatic rings. The number of benzene rings is 2. The summed E-state index contributed by atoms with van der Waals surface area (Å²) in [6.07, 6.45) is 1.77. The molecule has 7 heteroatoms. The van der Waals surface area contributed by atoms with Crippen LogP contribution < -0.4 is 0 Å². The number of carbonyl (C=O) groups is 1. The van der Waals surface area contributed by atoms with Crippen LogP contribution in [0, 0.1) is 10.1 Å². The van der Waals surface area contributed by atoms with Crippen molar-refractivity contribution in [2.75, 3.05) is 6.26 Å². The smallest absolute Gasteiger partial charge is 0.283 e. The van der Waals surface area contributed by atoms with Crippen molar-refractivity contribution in [3.63, 3.8) is 0 Å². The lowest BCUT2D eigenvalue weighted by atomic mass is 10.1. The average molecular weight is 379 g/mol. The van der Waals surface area contributed by atoms with Crippen molar-refractivity contribution in [1.29, 1.82) is 0 Å². The highest BCUT2D eigenvalue weighted by molar-refractivity contribution is 7.98. The second-order valence-electron chi connectivity index (χ2n) is 5.80. The van der Waals surface area contributed by atoms with E-state index in [1.54, 1.807) is 29.4 Å². The first kappa shape index (κ1) is 19.3. The molecule has 2 rings (SSSR count). The van der Waals surface area contributed by atoms with Gasteiger partial charge in [-0.25, -0.2) is 0 Å². The van der Waals surface area contributed by atoms with Gasteiger partial charge in [-0.05, 0) is 49.9 Å². The summed E-state index contributed by atoms with van der Waals surface area (Å²) in [4.78, 5) is 25.9. The summed E-state index contributed by atoms with van der Waals surface area (Å²) in [5, 5.41) is 11.8. The predicted octanol–water partition coefficient (Wildman–Crippen LogP) is 5.02. The second-order valence-corrected chi connectivity index (χ2v) is 7.08. The topological polar surface area (TPSA) is 63.5 Å². The van der Waals surface area contributed by atoms with Crippen molar-refractivity contribution in [1.82, 2.24) is 4.90 Å². The van der Waals surface area contributed by atoms with Gasteiger partial charge in [0.2, 0.25) is 0 Å². The van der Waals surface area contributed by atoms with Crippen LogP contribution in [0.2, 0.25) is 5.02 Å². The molecule has 0 aliphatic heterocycles. The van der Waals surface area contributed by atoms with Crippen LogP contribution in [0.5, 0.6) is 0 Å². The Balaban J connectivity index is 2.34. The molecule has 0 radical (unpaired) electrons. The van der Waals surface area contributed by atoms with E-state index in [1.807, 2.05) is 32.0 Å². The Morgan fingerprint density at radius 3 is 2.56 bits per heavy atom.